The number of carboxylic acid groups (broad SMARTS) is 2. The van der Waals surface area contributed by atoms with Crippen LogP contribution in [-0.2, 0) is 161 Å². The average Bonchev–Trinajstić information content (AvgIpc) is 0.665. The molecule has 0 aromatic carbocycles. The number of aliphatic hydroxyl groups is 6. The summed E-state index contributed by atoms with van der Waals surface area (Å²) < 4.78 is 418. The van der Waals surface area contributed by atoms with Gasteiger partial charge in [0.05, 0.1) is 41.3 Å². The molecule has 5 aliphatic rings. The second-order valence-corrected chi connectivity index (χ2v) is 26.1. The normalized spacial score (nSPS) is 39.6. The molecule has 0 spiro atoms. The monoisotopic (exact) mass is 1730 g/mol. The van der Waals surface area contributed by atoms with Gasteiger partial charge >= 0.3 is 296 Å². The van der Waals surface area contributed by atoms with Crippen molar-refractivity contribution in [2.24, 2.45) is 0 Å². The maximum absolute atomic E-state index is 13.0. The van der Waals surface area contributed by atoms with E-state index in [9.17, 15) is 154 Å². The van der Waals surface area contributed by atoms with Gasteiger partial charge in [-0.2, -0.15) is 0 Å². The number of aliphatic carboxylic acids is 2. The topological polar surface area (TPSA) is 834 Å². The van der Waals surface area contributed by atoms with E-state index in [1.165, 1.54) is 0 Å². The smallest absolute Gasteiger partial charge is 0.735 e. The number of nitrogens with one attached hydrogen (secondary N) is 3. The summed E-state index contributed by atoms with van der Waals surface area (Å²) in [6, 6.07) is -11.4. The average molecular weight is 1740 g/mol. The SMILES string of the molecule is [2H]C([2H])(OS(=O)(=O)[O-])[C@@]1([2H])O[C@]([2H])(OC)[C@]([2H])(NS(=O)(=O)[O-])[C@@]([2H])(O)[C@]1([2H])O[C@@H]1O[C@@H](C(=O)[O-])[C@@H](O[C@H]2O[C@H](COS(=O)(=O)[O-])[C@H](O[C@@H]3O[C@H](C(=O)[O-])[C@@H](O[C@H]4O[C@H](COS(=O)(=O)[O-])[C@@H](O)[C@H](O)[C@H]4NS(=O)(=O)[O-])[C@H](O)[C@H]3O)[C@H](OS(=O)(=O)[O-])[C@H]2NS(=O)(=O)[O-])[C@H](O)[C@H]1OS(=O)(=O)[O-].[Na+].[Na+].[Na+].[Na+].[Na+].[Na+].[Na+].[Na+].[Na+].[Na+]. The Balaban J connectivity index is -0.00000260. The van der Waals surface area contributed by atoms with Crippen LogP contribution in [0.3, 0.4) is 0 Å². The number of carboxylic acids is 2. The molecular weight excluding hydrogens is 1680 g/mol. The predicted octanol–water partition coefficient (Wildman–Crippen LogP) is -49.1. The zero-order valence-corrected chi connectivity index (χ0v) is 79.5. The second-order valence-electron chi connectivity index (χ2n) is 17.6. The quantitative estimate of drug-likeness (QED) is 0.0183. The third-order valence-corrected chi connectivity index (χ3v) is 15.1. The van der Waals surface area contributed by atoms with Gasteiger partial charge in [0.15, 0.2) is 68.4 Å². The van der Waals surface area contributed by atoms with Crippen molar-refractivity contribution in [3.8, 4) is 0 Å². The molecule has 0 saturated carbocycles. The molecule has 5 saturated heterocycles. The van der Waals surface area contributed by atoms with Crippen molar-refractivity contribution in [1.29, 1.82) is 0 Å². The van der Waals surface area contributed by atoms with Crippen LogP contribution in [0.2, 0.25) is 0 Å². The van der Waals surface area contributed by atoms with Crippen molar-refractivity contribution in [1.82, 2.24) is 14.2 Å². The van der Waals surface area contributed by atoms with Crippen LogP contribution in [-0.4, -0.2) is 326 Å². The summed E-state index contributed by atoms with van der Waals surface area (Å²) in [6.45, 7) is -9.24. The summed E-state index contributed by atoms with van der Waals surface area (Å²) in [4.78, 5) is 25.7. The van der Waals surface area contributed by atoms with Gasteiger partial charge in [-0.25, -0.2) is 81.5 Å². The summed E-state index contributed by atoms with van der Waals surface area (Å²) in [5.41, 5.74) is 0. The number of carbonyl (C=O) groups is 2. The van der Waals surface area contributed by atoms with E-state index in [0.29, 0.717) is 4.72 Å². The van der Waals surface area contributed by atoms with Crippen molar-refractivity contribution in [2.45, 2.75) is 153 Å². The number of hydrogen-bond donors (Lipinski definition) is 9. The maximum atomic E-state index is 13.0. The van der Waals surface area contributed by atoms with Crippen LogP contribution in [0.15, 0.2) is 0 Å². The van der Waals surface area contributed by atoms with E-state index in [0.717, 1.165) is 9.44 Å². The first-order valence-corrected chi connectivity index (χ1v) is 33.5. The van der Waals surface area contributed by atoms with Crippen molar-refractivity contribution in [3.63, 3.8) is 0 Å². The standard InChI is InChI=1S/C31H53N3O49S8.10Na/c1-69-27-9(33-85(48,49)50)13(37)17(6(74-27)3-71-88(57,58)59)76-31-22(83-91(66,67)68)16(40)21(24(81-31)26(43)44)79-29-10(34-86(51,52)53)19(82-90(63,64)65)18(7(75-29)4-72-89(60,61)62)77-30-15(39)14(38)20(23(80-30)25(41)42)78-28-8(32-84(45,46)47)12(36)11(35)5(73-28)2-70-87(54,55)56;;;;;;;;;;/h5-24,27-40H,2-4H2,1H3,(H,41,42)(H,43,44)(H,45,46,47)(H,48,49,50)(H,51,52,53)(H,54,55,56)(H,57,58,59)(H,60,61,62)(H,63,64,65)(H,66,67,68);;;;;;;;;;/q;10*+1/p-10/t5-,6-,7-,8-,9-,10-,11-,12-,13-,14-,15-,16+,17-,18+,19-,20+,21+,22-,23+,24-,27+,28-,29-,30-,31-;;;;;;;;;;/m1........../s1/i3D2,6D,9D,13D,17D,27D;;;;;;;;;;. The summed E-state index contributed by atoms with van der Waals surface area (Å²) in [7, 11) is -51.7. The van der Waals surface area contributed by atoms with Crippen LogP contribution < -0.4 is 320 Å². The van der Waals surface area contributed by atoms with Crippen molar-refractivity contribution in [3.05, 3.63) is 0 Å². The number of rotatable bonds is 30. The van der Waals surface area contributed by atoms with E-state index in [1.807, 2.05) is 0 Å². The van der Waals surface area contributed by atoms with Crippen LogP contribution in [0.25, 0.3) is 0 Å². The molecule has 0 aliphatic carbocycles. The molecule has 25 atom stereocenters. The molecule has 5 heterocycles. The Morgan fingerprint density at radius 3 is 1.23 bits per heavy atom. The van der Waals surface area contributed by atoms with Gasteiger partial charge in [0.2, 0.25) is 52.0 Å². The Bertz CT molecular complexity index is 3940. The van der Waals surface area contributed by atoms with Gasteiger partial charge in [0.1, 0.15) is 116 Å². The molecule has 5 rings (SSSR count). The number of methoxy groups -OCH3 is 1. The first kappa shape index (κ1) is 104. The van der Waals surface area contributed by atoms with E-state index in [1.54, 1.807) is 0 Å². The third-order valence-electron chi connectivity index (χ3n) is 11.5. The predicted molar refractivity (Wildman–Crippen MR) is 242 cm³/mol. The molecule has 5 fully saturated rings. The van der Waals surface area contributed by atoms with Crippen molar-refractivity contribution < 1.29 is 528 Å². The fourth-order valence-electron chi connectivity index (χ4n) is 8.14. The number of ether oxygens (including phenoxy) is 10. The van der Waals surface area contributed by atoms with E-state index in [-0.39, 0.29) is 303 Å². The van der Waals surface area contributed by atoms with Gasteiger partial charge < -0.3 is 134 Å². The molecule has 9 N–H and O–H groups in total. The van der Waals surface area contributed by atoms with Gasteiger partial charge in [-0.05, 0) is 0 Å². The first-order valence-electron chi connectivity index (χ1n) is 26.1. The van der Waals surface area contributed by atoms with E-state index in [4.69, 9.17) is 47.5 Å². The molecule has 0 radical (unpaired) electrons. The summed E-state index contributed by atoms with van der Waals surface area (Å²) in [5.74, 6) is -5.93. The van der Waals surface area contributed by atoms with Gasteiger partial charge in [0.25, 0.3) is 0 Å². The summed E-state index contributed by atoms with van der Waals surface area (Å²) in [6.07, 6.45) is -81.6. The maximum Gasteiger partial charge on any atom is 1.00 e. The van der Waals surface area contributed by atoms with Gasteiger partial charge in [0, 0.05) is 7.11 Å². The zero-order valence-electron chi connectivity index (χ0n) is 60.0. The molecule has 534 valence electrons. The first-order chi connectivity index (χ1) is 43.7. The molecule has 0 aromatic heterocycles. The Labute approximate surface area is 803 Å². The Morgan fingerprint density at radius 1 is 0.426 bits per heavy atom. The van der Waals surface area contributed by atoms with Crippen molar-refractivity contribution in [2.75, 3.05) is 26.9 Å². The van der Waals surface area contributed by atoms with Gasteiger partial charge in [-0.3, -0.25) is 20.9 Å². The zero-order chi connectivity index (χ0) is 75.8. The minimum absolute atomic E-state index is 0. The fraction of sp³-hybridized carbons (Fsp3) is 0.935. The molecule has 0 aromatic rings. The molecular formula is C31H43N3Na10O49S8. The minimum Gasteiger partial charge on any atom is -0.735 e. The number of hydrogen-bond acceptors (Lipinski definition) is 49. The molecule has 70 heteroatoms. The Kier molecular flexibility index (Phi) is 50.6. The van der Waals surface area contributed by atoms with E-state index >= 15 is 0 Å². The van der Waals surface area contributed by atoms with E-state index in [2.05, 4.69) is 30.4 Å². The molecule has 0 bridgehead atoms. The van der Waals surface area contributed by atoms with Crippen LogP contribution in [0, 0.1) is 0 Å². The van der Waals surface area contributed by atoms with Crippen LogP contribution in [0.1, 0.15) is 9.60 Å². The number of carbonyl (C=O) groups excluding carboxylic acids is 2. The van der Waals surface area contributed by atoms with Gasteiger partial charge in [-0.1, -0.05) is 0 Å². The molecule has 5 aliphatic heterocycles. The van der Waals surface area contributed by atoms with Gasteiger partial charge in [-0.15, -0.1) is 0 Å². The fourth-order valence-corrected chi connectivity index (χ4v) is 11.5. The number of aliphatic hydroxyl groups excluding tert-OH is 5. The molecule has 101 heavy (non-hydrogen) atoms. The Morgan fingerprint density at radius 2 is 0.812 bits per heavy atom. The van der Waals surface area contributed by atoms with E-state index < -0.39 is 268 Å². The second kappa shape index (κ2) is 49.0. The molecule has 0 unspecified atom stereocenters. The third kappa shape index (κ3) is 38.3. The summed E-state index contributed by atoms with van der Waals surface area (Å²) >= 11 is 0. The van der Waals surface area contributed by atoms with Crippen LogP contribution in [0.5, 0.6) is 0 Å². The van der Waals surface area contributed by atoms with Crippen LogP contribution >= 0.6 is 0 Å². The molecule has 52 nitrogen and oxygen atoms in total. The van der Waals surface area contributed by atoms with Crippen LogP contribution in [0.4, 0.5) is 0 Å². The molecule has 0 amide bonds. The largest absolute Gasteiger partial charge is 1.00 e. The Hall–Kier alpha value is 7.26. The summed E-state index contributed by atoms with van der Waals surface area (Å²) in [5, 5.41) is 92.9. The minimum atomic E-state index is -6.86. The van der Waals surface area contributed by atoms with Crippen molar-refractivity contribution >= 4 is 94.8 Å².